The molecule has 9 heteroatoms. The van der Waals surface area contributed by atoms with Crippen molar-refractivity contribution in [2.45, 2.75) is 55.3 Å². The van der Waals surface area contributed by atoms with E-state index in [1.807, 2.05) is 38.1 Å². The molecule has 0 radical (unpaired) electrons. The molecular formula is C36H32Br2N2O5. The number of nitrogens with zero attached hydrogens (tertiary/aromatic N) is 2. The minimum absolute atomic E-state index is 0.134. The predicted molar refractivity (Wildman–Crippen MR) is 181 cm³/mol. The van der Waals surface area contributed by atoms with Crippen molar-refractivity contribution in [3.63, 3.8) is 0 Å². The van der Waals surface area contributed by atoms with Gasteiger partial charge in [0.1, 0.15) is 0 Å². The molecule has 7 nitrogen and oxygen atoms in total. The van der Waals surface area contributed by atoms with Crippen molar-refractivity contribution >= 4 is 72.0 Å². The van der Waals surface area contributed by atoms with E-state index in [9.17, 15) is 19.2 Å². The summed E-state index contributed by atoms with van der Waals surface area (Å²) >= 11 is 7.28. The van der Waals surface area contributed by atoms with E-state index in [0.717, 1.165) is 5.56 Å². The quantitative estimate of drug-likeness (QED) is 0.0794. The molecule has 45 heavy (non-hydrogen) atoms. The Morgan fingerprint density at radius 1 is 0.911 bits per heavy atom. The maximum absolute atomic E-state index is 13.8. The van der Waals surface area contributed by atoms with Gasteiger partial charge in [-0.1, -0.05) is 106 Å². The largest absolute Gasteiger partial charge is 0.450 e. The third-order valence-electron chi connectivity index (χ3n) is 8.74. The summed E-state index contributed by atoms with van der Waals surface area (Å²) in [5.41, 5.74) is 4.10. The number of benzene rings is 3. The Bertz CT molecular complexity index is 1760. The lowest BCUT2D eigenvalue weighted by Crippen LogP contribution is -2.34. The van der Waals surface area contributed by atoms with Crippen molar-refractivity contribution in [1.29, 1.82) is 0 Å². The summed E-state index contributed by atoms with van der Waals surface area (Å²) in [6.45, 7) is 3.87. The molecule has 2 amide bonds. The van der Waals surface area contributed by atoms with Gasteiger partial charge in [-0.3, -0.25) is 19.3 Å². The van der Waals surface area contributed by atoms with E-state index in [1.165, 1.54) is 4.90 Å². The Labute approximate surface area is 278 Å². The molecule has 5 unspecified atom stereocenters. The number of imide groups is 1. The summed E-state index contributed by atoms with van der Waals surface area (Å²) < 4.78 is 5.90. The molecule has 2 heterocycles. The third-order valence-corrected chi connectivity index (χ3v) is 11.5. The maximum Gasteiger partial charge on any atom is 0.339 e. The van der Waals surface area contributed by atoms with Gasteiger partial charge in [-0.05, 0) is 49.9 Å². The zero-order chi connectivity index (χ0) is 31.8. The number of carbonyl (C=O) groups excluding carboxylic acids is 4. The highest BCUT2D eigenvalue weighted by Crippen LogP contribution is 2.44. The lowest BCUT2D eigenvalue weighted by atomic mass is 9.81. The molecule has 4 aromatic rings. The molecule has 1 saturated heterocycles. The molecule has 6 rings (SSSR count). The van der Waals surface area contributed by atoms with Crippen molar-refractivity contribution in [3.05, 3.63) is 95.6 Å². The monoisotopic (exact) mass is 730 g/mol. The van der Waals surface area contributed by atoms with Crippen LogP contribution in [0.2, 0.25) is 0 Å². The summed E-state index contributed by atoms with van der Waals surface area (Å²) in [6, 6.07) is 23.2. The van der Waals surface area contributed by atoms with Crippen LogP contribution >= 0.6 is 31.9 Å². The van der Waals surface area contributed by atoms with E-state index < -0.39 is 12.1 Å². The normalized spacial score (nSPS) is 21.9. The van der Waals surface area contributed by atoms with Gasteiger partial charge in [0.05, 0.1) is 34.3 Å². The van der Waals surface area contributed by atoms with Crippen LogP contribution in [0.15, 0.2) is 78.9 Å². The average Bonchev–Trinajstić information content (AvgIpc) is 3.28. The van der Waals surface area contributed by atoms with Gasteiger partial charge in [-0.15, -0.1) is 0 Å². The van der Waals surface area contributed by atoms with E-state index in [4.69, 9.17) is 9.72 Å². The number of para-hydroxylation sites is 1. The minimum Gasteiger partial charge on any atom is -0.450 e. The second-order valence-electron chi connectivity index (χ2n) is 11.7. The Morgan fingerprint density at radius 2 is 1.56 bits per heavy atom. The lowest BCUT2D eigenvalue weighted by Gasteiger charge is -2.29. The summed E-state index contributed by atoms with van der Waals surface area (Å²) in [5, 5.41) is 0.633. The molecule has 0 bridgehead atoms. The van der Waals surface area contributed by atoms with Crippen LogP contribution in [-0.4, -0.2) is 44.3 Å². The van der Waals surface area contributed by atoms with Crippen molar-refractivity contribution in [3.8, 4) is 11.3 Å². The number of hydrogen-bond acceptors (Lipinski definition) is 6. The molecule has 1 saturated carbocycles. The number of aryl methyl sites for hydroxylation is 1. The molecule has 2 fully saturated rings. The Hall–Kier alpha value is -3.69. The van der Waals surface area contributed by atoms with Gasteiger partial charge in [0.25, 0.3) is 0 Å². The molecule has 1 aliphatic carbocycles. The van der Waals surface area contributed by atoms with Gasteiger partial charge in [0.15, 0.2) is 6.10 Å². The van der Waals surface area contributed by atoms with Crippen LogP contribution < -0.4 is 4.90 Å². The summed E-state index contributed by atoms with van der Waals surface area (Å²) in [6.07, 6.45) is 1.36. The number of fused-ring (bicyclic) bond motifs is 2. The van der Waals surface area contributed by atoms with E-state index in [-0.39, 0.29) is 39.1 Å². The average molecular weight is 732 g/mol. The summed E-state index contributed by atoms with van der Waals surface area (Å²) in [5.74, 6) is -1.84. The molecule has 0 N–H and O–H groups in total. The molecule has 230 valence electrons. The Balaban J connectivity index is 1.32. The zero-order valence-corrected chi connectivity index (χ0v) is 28.1. The second-order valence-corrected chi connectivity index (χ2v) is 14.1. The second kappa shape index (κ2) is 13.0. The Kier molecular flexibility index (Phi) is 9.02. The number of amides is 2. The predicted octanol–water partition coefficient (Wildman–Crippen LogP) is 7.85. The molecule has 2 aliphatic rings. The van der Waals surface area contributed by atoms with Gasteiger partial charge in [-0.2, -0.15) is 0 Å². The number of hydrogen-bond donors (Lipinski definition) is 0. The van der Waals surface area contributed by atoms with Crippen LogP contribution in [0.4, 0.5) is 5.69 Å². The lowest BCUT2D eigenvalue weighted by molar-refractivity contribution is -0.122. The Morgan fingerprint density at radius 3 is 2.18 bits per heavy atom. The van der Waals surface area contributed by atoms with Gasteiger partial charge >= 0.3 is 5.97 Å². The molecule has 1 aliphatic heterocycles. The van der Waals surface area contributed by atoms with Gasteiger partial charge in [-0.25, -0.2) is 9.78 Å². The highest BCUT2D eigenvalue weighted by atomic mass is 79.9. The van der Waals surface area contributed by atoms with Crippen molar-refractivity contribution in [1.82, 2.24) is 4.98 Å². The van der Waals surface area contributed by atoms with Gasteiger partial charge in [0, 0.05) is 26.2 Å². The standard InChI is InChI=1S/C36H32Br2N2O5/c1-3-8-31(33(41)22-10-5-4-6-11-22)45-36(44)27-19-30(39-32-20(2)9-7-12-24(27)32)21-13-15-23(16-14-21)40-34(42)25-17-28(37)29(38)18-26(25)35(40)43/h4-7,9-16,19,25-26,28-29,31H,3,8,17-18H2,1-2H3. The number of rotatable bonds is 8. The number of ketones is 1. The number of ether oxygens (including phenoxy) is 1. The number of halogens is 2. The fourth-order valence-corrected chi connectivity index (χ4v) is 7.56. The van der Waals surface area contributed by atoms with Crippen LogP contribution in [0.25, 0.3) is 22.2 Å². The highest BCUT2D eigenvalue weighted by molar-refractivity contribution is 9.12. The van der Waals surface area contributed by atoms with Crippen molar-refractivity contribution in [2.24, 2.45) is 11.8 Å². The van der Waals surface area contributed by atoms with Crippen LogP contribution in [0.5, 0.6) is 0 Å². The zero-order valence-electron chi connectivity index (χ0n) is 24.9. The number of Topliss-reactive ketones (excluding diaryl/α,β-unsaturated/α-hetero) is 1. The van der Waals surface area contributed by atoms with Crippen LogP contribution in [0.1, 0.15) is 58.9 Å². The van der Waals surface area contributed by atoms with E-state index in [0.29, 0.717) is 64.7 Å². The van der Waals surface area contributed by atoms with Crippen LogP contribution in [-0.2, 0) is 14.3 Å². The molecule has 5 atom stereocenters. The van der Waals surface area contributed by atoms with Crippen molar-refractivity contribution in [2.75, 3.05) is 4.90 Å². The van der Waals surface area contributed by atoms with E-state index >= 15 is 0 Å². The SMILES string of the molecule is CCCC(OC(=O)c1cc(-c2ccc(N3C(=O)C4CC(Br)C(Br)CC4C3=O)cc2)nc2c(C)cccc12)C(=O)c1ccccc1. The first kappa shape index (κ1) is 31.3. The minimum atomic E-state index is -0.917. The molecular weight excluding hydrogens is 700 g/mol. The highest BCUT2D eigenvalue weighted by Gasteiger charge is 2.52. The number of anilines is 1. The van der Waals surface area contributed by atoms with Crippen molar-refractivity contribution < 1.29 is 23.9 Å². The van der Waals surface area contributed by atoms with Gasteiger partial charge in [0.2, 0.25) is 17.6 Å². The van der Waals surface area contributed by atoms with Gasteiger partial charge < -0.3 is 4.74 Å². The first-order valence-corrected chi connectivity index (χ1v) is 17.0. The smallest absolute Gasteiger partial charge is 0.339 e. The fraction of sp³-hybridized carbons (Fsp3) is 0.306. The van der Waals surface area contributed by atoms with E-state index in [2.05, 4.69) is 31.9 Å². The third kappa shape index (κ3) is 6.00. The number of carbonyl (C=O) groups is 4. The number of pyridine rings is 1. The molecule has 3 aromatic carbocycles. The first-order valence-electron chi connectivity index (χ1n) is 15.1. The number of alkyl halides is 2. The van der Waals surface area contributed by atoms with Crippen LogP contribution in [0, 0.1) is 18.8 Å². The number of esters is 1. The van der Waals surface area contributed by atoms with E-state index in [1.54, 1.807) is 54.6 Å². The first-order chi connectivity index (χ1) is 21.7. The molecule has 0 spiro atoms. The number of aromatic nitrogens is 1. The van der Waals surface area contributed by atoms with Crippen LogP contribution in [0.3, 0.4) is 0 Å². The topological polar surface area (TPSA) is 93.6 Å². The summed E-state index contributed by atoms with van der Waals surface area (Å²) in [4.78, 5) is 60.1. The summed E-state index contributed by atoms with van der Waals surface area (Å²) in [7, 11) is 0. The fourth-order valence-electron chi connectivity index (χ4n) is 6.33. The molecule has 1 aromatic heterocycles. The maximum atomic E-state index is 13.8.